The Labute approximate surface area is 146 Å². The van der Waals surface area contributed by atoms with Crippen LogP contribution in [0.2, 0.25) is 0 Å². The third kappa shape index (κ3) is 2.55. The second kappa shape index (κ2) is 6.14. The Balaban J connectivity index is 1.60. The van der Waals surface area contributed by atoms with Crippen LogP contribution >= 0.6 is 0 Å². The van der Waals surface area contributed by atoms with Crippen molar-refractivity contribution in [2.75, 3.05) is 0 Å². The number of halogens is 2. The summed E-state index contributed by atoms with van der Waals surface area (Å²) >= 11 is 0. The van der Waals surface area contributed by atoms with E-state index >= 15 is 0 Å². The van der Waals surface area contributed by atoms with Gasteiger partial charge in [-0.3, -0.25) is 14.5 Å². The Kier molecular flexibility index (Phi) is 3.80. The Hall–Kier alpha value is -3.42. The Bertz CT molecular complexity index is 997. The molecule has 6 nitrogen and oxygen atoms in total. The molecule has 0 atom stereocenters. The minimum absolute atomic E-state index is 0.0103. The van der Waals surface area contributed by atoms with Gasteiger partial charge in [-0.1, -0.05) is 18.2 Å². The molecule has 3 aromatic rings. The average Bonchev–Trinajstić information content (AvgIpc) is 3.23. The summed E-state index contributed by atoms with van der Waals surface area (Å²) in [5, 5.41) is 7.12. The first-order chi connectivity index (χ1) is 12.6. The predicted molar refractivity (Wildman–Crippen MR) is 85.2 cm³/mol. The number of carbonyl (C=O) groups excluding carboxylic acids is 2. The number of amides is 2. The van der Waals surface area contributed by atoms with Gasteiger partial charge in [-0.2, -0.15) is 0 Å². The van der Waals surface area contributed by atoms with Gasteiger partial charge in [0.05, 0.1) is 17.7 Å². The number of alkyl halides is 1. The molecule has 0 fully saturated rings. The van der Waals surface area contributed by atoms with E-state index in [-0.39, 0.29) is 29.5 Å². The van der Waals surface area contributed by atoms with E-state index in [4.69, 9.17) is 4.42 Å². The summed E-state index contributed by atoms with van der Waals surface area (Å²) in [5.41, 5.74) is 1.05. The van der Waals surface area contributed by atoms with Crippen LogP contribution in [0.3, 0.4) is 0 Å². The van der Waals surface area contributed by atoms with Crippen molar-refractivity contribution in [2.24, 2.45) is 0 Å². The maximum Gasteiger partial charge on any atom is 0.261 e. The molecule has 1 aliphatic rings. The van der Waals surface area contributed by atoms with Crippen LogP contribution in [0.4, 0.5) is 8.78 Å². The van der Waals surface area contributed by atoms with Crippen LogP contribution in [0.5, 0.6) is 0 Å². The van der Waals surface area contributed by atoms with Gasteiger partial charge < -0.3 is 4.42 Å². The summed E-state index contributed by atoms with van der Waals surface area (Å²) < 4.78 is 32.0. The zero-order valence-electron chi connectivity index (χ0n) is 13.3. The van der Waals surface area contributed by atoms with Crippen LogP contribution < -0.4 is 0 Å². The highest BCUT2D eigenvalue weighted by atomic mass is 19.1. The minimum atomic E-state index is -0.909. The molecule has 2 aromatic carbocycles. The monoisotopic (exact) mass is 355 g/mol. The molecular formula is C18H11F2N3O3. The molecule has 0 saturated heterocycles. The number of rotatable bonds is 4. The van der Waals surface area contributed by atoms with E-state index in [0.29, 0.717) is 11.1 Å². The van der Waals surface area contributed by atoms with Gasteiger partial charge in [-0.15, -0.1) is 10.2 Å². The zero-order valence-corrected chi connectivity index (χ0v) is 13.3. The Morgan fingerprint density at radius 3 is 2.27 bits per heavy atom. The SMILES string of the molecule is O=C1c2ccccc2C(=O)N1Cc1ccc(-c2nnc(CF)o2)cc1F. The number of benzene rings is 2. The summed E-state index contributed by atoms with van der Waals surface area (Å²) in [6.07, 6.45) is 0. The number of nitrogens with zero attached hydrogens (tertiary/aromatic N) is 3. The quantitative estimate of drug-likeness (QED) is 0.672. The molecule has 0 saturated carbocycles. The first-order valence-electron chi connectivity index (χ1n) is 7.71. The second-order valence-corrected chi connectivity index (χ2v) is 5.68. The molecule has 2 heterocycles. The highest BCUT2D eigenvalue weighted by molar-refractivity contribution is 6.21. The van der Waals surface area contributed by atoms with Gasteiger partial charge in [-0.25, -0.2) is 8.78 Å². The van der Waals surface area contributed by atoms with Crippen LogP contribution in [0, 0.1) is 5.82 Å². The standard InChI is InChI=1S/C18H11F2N3O3/c19-8-15-21-22-16(26-15)10-5-6-11(14(20)7-10)9-23-17(24)12-3-1-2-4-13(12)18(23)25/h1-7H,8-9H2. The van der Waals surface area contributed by atoms with Crippen molar-refractivity contribution in [1.29, 1.82) is 0 Å². The minimum Gasteiger partial charge on any atom is -0.418 e. The van der Waals surface area contributed by atoms with Crippen molar-refractivity contribution in [2.45, 2.75) is 13.2 Å². The lowest BCUT2D eigenvalue weighted by atomic mass is 10.1. The number of aromatic nitrogens is 2. The van der Waals surface area contributed by atoms with Crippen molar-refractivity contribution < 1.29 is 22.8 Å². The van der Waals surface area contributed by atoms with Gasteiger partial charge in [0.1, 0.15) is 5.82 Å². The van der Waals surface area contributed by atoms with Crippen LogP contribution in [0.15, 0.2) is 46.9 Å². The van der Waals surface area contributed by atoms with Crippen LogP contribution in [-0.4, -0.2) is 26.9 Å². The molecule has 0 N–H and O–H groups in total. The predicted octanol–water partition coefficient (Wildman–Crippen LogP) is 3.14. The molecule has 0 unspecified atom stereocenters. The van der Waals surface area contributed by atoms with E-state index < -0.39 is 24.3 Å². The van der Waals surface area contributed by atoms with Gasteiger partial charge in [-0.05, 0) is 24.3 Å². The van der Waals surface area contributed by atoms with Crippen molar-refractivity contribution in [3.05, 3.63) is 70.9 Å². The van der Waals surface area contributed by atoms with Crippen molar-refractivity contribution in [1.82, 2.24) is 15.1 Å². The molecule has 1 aromatic heterocycles. The normalized spacial score (nSPS) is 13.4. The Morgan fingerprint density at radius 2 is 1.69 bits per heavy atom. The lowest BCUT2D eigenvalue weighted by Gasteiger charge is -2.14. The Morgan fingerprint density at radius 1 is 1.00 bits per heavy atom. The lowest BCUT2D eigenvalue weighted by molar-refractivity contribution is 0.0641. The maximum absolute atomic E-state index is 14.4. The summed E-state index contributed by atoms with van der Waals surface area (Å²) in [7, 11) is 0. The number of fused-ring (bicyclic) bond motifs is 1. The van der Waals surface area contributed by atoms with Crippen molar-refractivity contribution in [3.63, 3.8) is 0 Å². The third-order valence-corrected chi connectivity index (χ3v) is 4.09. The van der Waals surface area contributed by atoms with Gasteiger partial charge in [0.25, 0.3) is 11.8 Å². The molecule has 0 radical (unpaired) electrons. The summed E-state index contributed by atoms with van der Waals surface area (Å²) in [6, 6.07) is 10.5. The average molecular weight is 355 g/mol. The highest BCUT2D eigenvalue weighted by Gasteiger charge is 2.35. The summed E-state index contributed by atoms with van der Waals surface area (Å²) in [5.74, 6) is -1.77. The number of imide groups is 1. The van der Waals surface area contributed by atoms with E-state index in [9.17, 15) is 18.4 Å². The van der Waals surface area contributed by atoms with Gasteiger partial charge in [0.2, 0.25) is 11.8 Å². The van der Waals surface area contributed by atoms with Crippen LogP contribution in [-0.2, 0) is 13.2 Å². The molecule has 4 rings (SSSR count). The molecule has 2 amide bonds. The fraction of sp³-hybridized carbons (Fsp3) is 0.111. The van der Waals surface area contributed by atoms with Crippen LogP contribution in [0.25, 0.3) is 11.5 Å². The van der Waals surface area contributed by atoms with Crippen molar-refractivity contribution in [3.8, 4) is 11.5 Å². The van der Waals surface area contributed by atoms with Crippen LogP contribution in [0.1, 0.15) is 32.2 Å². The molecule has 0 bridgehead atoms. The molecule has 0 aliphatic carbocycles. The second-order valence-electron chi connectivity index (χ2n) is 5.68. The molecule has 130 valence electrons. The van der Waals surface area contributed by atoms with Crippen molar-refractivity contribution >= 4 is 11.8 Å². The smallest absolute Gasteiger partial charge is 0.261 e. The number of carbonyl (C=O) groups is 2. The van der Waals surface area contributed by atoms with Gasteiger partial charge in [0, 0.05) is 11.1 Å². The fourth-order valence-corrected chi connectivity index (χ4v) is 2.79. The van der Waals surface area contributed by atoms with E-state index in [0.717, 1.165) is 11.0 Å². The molecule has 0 spiro atoms. The van der Waals surface area contributed by atoms with E-state index in [1.54, 1.807) is 24.3 Å². The largest absolute Gasteiger partial charge is 0.418 e. The van der Waals surface area contributed by atoms with Gasteiger partial charge >= 0.3 is 0 Å². The molecular weight excluding hydrogens is 344 g/mol. The van der Waals surface area contributed by atoms with E-state index in [1.807, 2.05) is 0 Å². The molecule has 26 heavy (non-hydrogen) atoms. The highest BCUT2D eigenvalue weighted by Crippen LogP contribution is 2.26. The fourth-order valence-electron chi connectivity index (χ4n) is 2.79. The summed E-state index contributed by atoms with van der Waals surface area (Å²) in [4.78, 5) is 25.7. The summed E-state index contributed by atoms with van der Waals surface area (Å²) in [6.45, 7) is -1.11. The molecule has 1 aliphatic heterocycles. The third-order valence-electron chi connectivity index (χ3n) is 4.09. The maximum atomic E-state index is 14.4. The van der Waals surface area contributed by atoms with Gasteiger partial charge in [0.15, 0.2) is 6.67 Å². The first-order valence-corrected chi connectivity index (χ1v) is 7.71. The zero-order chi connectivity index (χ0) is 18.3. The lowest BCUT2D eigenvalue weighted by Crippen LogP contribution is -2.29. The number of hydrogen-bond donors (Lipinski definition) is 0. The first kappa shape index (κ1) is 16.1. The number of hydrogen-bond acceptors (Lipinski definition) is 5. The topological polar surface area (TPSA) is 76.3 Å². The molecule has 8 heteroatoms. The van der Waals surface area contributed by atoms with E-state index in [2.05, 4.69) is 10.2 Å². The van der Waals surface area contributed by atoms with E-state index in [1.165, 1.54) is 12.1 Å².